The molecule has 1 aromatic heterocycles. The summed E-state index contributed by atoms with van der Waals surface area (Å²) < 4.78 is 25.9. The van der Waals surface area contributed by atoms with E-state index in [1.807, 2.05) is 24.3 Å². The van der Waals surface area contributed by atoms with Crippen LogP contribution < -0.4 is 9.47 Å². The van der Waals surface area contributed by atoms with Gasteiger partial charge in [-0.15, -0.1) is 0 Å². The van der Waals surface area contributed by atoms with E-state index < -0.39 is 0 Å². The number of methoxy groups -OCH3 is 1. The van der Waals surface area contributed by atoms with Crippen molar-refractivity contribution < 1.29 is 13.9 Å². The van der Waals surface area contributed by atoms with Crippen molar-refractivity contribution in [3.05, 3.63) is 64.9 Å². The number of nitrogens with one attached hydrogen (secondary N) is 1. The number of H-pyrrole nitrogens is 1. The maximum Gasteiger partial charge on any atom is 0.199 e. The third kappa shape index (κ3) is 3.40. The average molecular weight is 331 g/mol. The fourth-order valence-electron chi connectivity index (χ4n) is 2.10. The summed E-state index contributed by atoms with van der Waals surface area (Å²) in [5.74, 6) is 1.62. The van der Waals surface area contributed by atoms with Crippen LogP contribution in [0.5, 0.6) is 11.5 Å². The number of rotatable bonds is 5. The van der Waals surface area contributed by atoms with Gasteiger partial charge in [-0.3, -0.25) is 9.67 Å². The van der Waals surface area contributed by atoms with Gasteiger partial charge in [0, 0.05) is 0 Å². The van der Waals surface area contributed by atoms with E-state index in [-0.39, 0.29) is 12.4 Å². The number of hydrogen-bond acceptors (Lipinski definition) is 4. The van der Waals surface area contributed by atoms with Crippen molar-refractivity contribution in [1.29, 1.82) is 0 Å². The van der Waals surface area contributed by atoms with Gasteiger partial charge in [0.2, 0.25) is 0 Å². The van der Waals surface area contributed by atoms with Gasteiger partial charge in [-0.2, -0.15) is 5.10 Å². The highest BCUT2D eigenvalue weighted by molar-refractivity contribution is 7.71. The maximum atomic E-state index is 12.9. The highest BCUT2D eigenvalue weighted by atomic mass is 32.1. The molecule has 0 bridgehead atoms. The van der Waals surface area contributed by atoms with E-state index in [4.69, 9.17) is 21.7 Å². The van der Waals surface area contributed by atoms with Gasteiger partial charge in [0.05, 0.1) is 12.8 Å². The van der Waals surface area contributed by atoms with Crippen LogP contribution >= 0.6 is 12.2 Å². The van der Waals surface area contributed by atoms with Gasteiger partial charge in [-0.05, 0) is 60.7 Å². The van der Waals surface area contributed by atoms with Crippen molar-refractivity contribution in [2.24, 2.45) is 0 Å². The van der Waals surface area contributed by atoms with Gasteiger partial charge < -0.3 is 9.47 Å². The summed E-state index contributed by atoms with van der Waals surface area (Å²) in [6.45, 7) is 0.199. The highest BCUT2D eigenvalue weighted by Gasteiger charge is 2.09. The molecule has 0 saturated heterocycles. The molecule has 3 rings (SSSR count). The smallest absolute Gasteiger partial charge is 0.199 e. The van der Waals surface area contributed by atoms with Gasteiger partial charge in [0.25, 0.3) is 0 Å². The van der Waals surface area contributed by atoms with E-state index in [0.29, 0.717) is 16.3 Å². The summed E-state index contributed by atoms with van der Waals surface area (Å²) >= 11 is 5.27. The molecule has 7 heteroatoms. The van der Waals surface area contributed by atoms with Crippen LogP contribution in [-0.2, 0) is 6.61 Å². The minimum atomic E-state index is -0.307. The van der Waals surface area contributed by atoms with Crippen LogP contribution in [0.25, 0.3) is 5.69 Å². The molecule has 0 amide bonds. The second-order valence-corrected chi connectivity index (χ2v) is 5.11. The number of aromatic nitrogens is 3. The molecule has 1 N–H and O–H groups in total. The Morgan fingerprint density at radius 2 is 1.74 bits per heavy atom. The fraction of sp³-hybridized carbons (Fsp3) is 0.125. The molecule has 0 radical (unpaired) electrons. The molecule has 0 unspecified atom stereocenters. The van der Waals surface area contributed by atoms with E-state index in [1.54, 1.807) is 23.8 Å². The number of hydrogen-bond donors (Lipinski definition) is 1. The second kappa shape index (κ2) is 6.62. The number of ether oxygens (including phenoxy) is 2. The van der Waals surface area contributed by atoms with Crippen molar-refractivity contribution in [3.8, 4) is 17.2 Å². The molecule has 0 aliphatic heterocycles. The first-order chi connectivity index (χ1) is 11.2. The van der Waals surface area contributed by atoms with E-state index >= 15 is 0 Å². The third-order valence-electron chi connectivity index (χ3n) is 3.25. The van der Waals surface area contributed by atoms with Crippen molar-refractivity contribution in [2.45, 2.75) is 6.61 Å². The SMILES string of the molecule is COc1ccc(-n2c(COc3ccc(F)cc3)n[nH]c2=S)cc1. The lowest BCUT2D eigenvalue weighted by atomic mass is 10.3. The highest BCUT2D eigenvalue weighted by Crippen LogP contribution is 2.18. The number of aromatic amines is 1. The maximum absolute atomic E-state index is 12.9. The van der Waals surface area contributed by atoms with Gasteiger partial charge >= 0.3 is 0 Å². The molecule has 118 valence electrons. The summed E-state index contributed by atoms with van der Waals surface area (Å²) in [5, 5.41) is 6.94. The van der Waals surface area contributed by atoms with Gasteiger partial charge in [-0.1, -0.05) is 0 Å². The topological polar surface area (TPSA) is 52.1 Å². The van der Waals surface area contributed by atoms with Crippen molar-refractivity contribution in [1.82, 2.24) is 14.8 Å². The Kier molecular flexibility index (Phi) is 4.38. The minimum absolute atomic E-state index is 0.199. The summed E-state index contributed by atoms with van der Waals surface area (Å²) in [7, 11) is 1.61. The number of halogens is 1. The molecule has 0 atom stereocenters. The Labute approximate surface area is 137 Å². The van der Waals surface area contributed by atoms with Crippen molar-refractivity contribution in [2.75, 3.05) is 7.11 Å². The first kappa shape index (κ1) is 15.2. The molecule has 0 aliphatic carbocycles. The number of nitrogens with zero attached hydrogens (tertiary/aromatic N) is 2. The summed E-state index contributed by atoms with van der Waals surface area (Å²) in [4.78, 5) is 0. The lowest BCUT2D eigenvalue weighted by Crippen LogP contribution is -2.05. The second-order valence-electron chi connectivity index (χ2n) is 4.72. The van der Waals surface area contributed by atoms with Crippen LogP contribution in [0, 0.1) is 10.6 Å². The molecule has 0 spiro atoms. The van der Waals surface area contributed by atoms with E-state index in [2.05, 4.69) is 10.2 Å². The van der Waals surface area contributed by atoms with Crippen LogP contribution in [0.3, 0.4) is 0 Å². The van der Waals surface area contributed by atoms with Gasteiger partial charge in [0.1, 0.15) is 23.9 Å². The van der Waals surface area contributed by atoms with Gasteiger partial charge in [0.15, 0.2) is 10.6 Å². The molecule has 5 nitrogen and oxygen atoms in total. The molecule has 3 aromatic rings. The fourth-order valence-corrected chi connectivity index (χ4v) is 2.36. The number of benzene rings is 2. The van der Waals surface area contributed by atoms with E-state index in [0.717, 1.165) is 11.4 Å². The molecule has 1 heterocycles. The predicted molar refractivity (Wildman–Crippen MR) is 86.0 cm³/mol. The van der Waals surface area contributed by atoms with Crippen LogP contribution in [0.15, 0.2) is 48.5 Å². The molecule has 23 heavy (non-hydrogen) atoms. The molecule has 0 aliphatic rings. The Hall–Kier alpha value is -2.67. The average Bonchev–Trinajstić information content (AvgIpc) is 2.95. The van der Waals surface area contributed by atoms with Crippen molar-refractivity contribution >= 4 is 12.2 Å². The normalized spacial score (nSPS) is 10.5. The monoisotopic (exact) mass is 331 g/mol. The standard InChI is InChI=1S/C16H14FN3O2S/c1-21-13-8-4-12(5-9-13)20-15(18-19-16(20)23)10-22-14-6-2-11(17)3-7-14/h2-9H,10H2,1H3,(H,19,23). The third-order valence-corrected chi connectivity index (χ3v) is 3.53. The quantitative estimate of drug-likeness (QED) is 0.725. The lowest BCUT2D eigenvalue weighted by Gasteiger charge is -2.09. The van der Waals surface area contributed by atoms with Crippen LogP contribution in [0.2, 0.25) is 0 Å². The first-order valence-electron chi connectivity index (χ1n) is 6.86. The zero-order chi connectivity index (χ0) is 16.2. The molecular formula is C16H14FN3O2S. The predicted octanol–water partition coefficient (Wildman–Crippen LogP) is 3.66. The van der Waals surface area contributed by atoms with Crippen molar-refractivity contribution in [3.63, 3.8) is 0 Å². The Bertz CT molecular complexity index is 841. The molecule has 2 aromatic carbocycles. The summed E-state index contributed by atoms with van der Waals surface area (Å²) in [6.07, 6.45) is 0. The van der Waals surface area contributed by atoms with E-state index in [1.165, 1.54) is 12.1 Å². The summed E-state index contributed by atoms with van der Waals surface area (Å²) in [6, 6.07) is 13.3. The minimum Gasteiger partial charge on any atom is -0.497 e. The van der Waals surface area contributed by atoms with Crippen LogP contribution in [0.4, 0.5) is 4.39 Å². The molecule has 0 saturated carbocycles. The zero-order valence-electron chi connectivity index (χ0n) is 12.3. The van der Waals surface area contributed by atoms with Crippen LogP contribution in [0.1, 0.15) is 5.82 Å². The van der Waals surface area contributed by atoms with Gasteiger partial charge in [-0.25, -0.2) is 4.39 Å². The molecule has 0 fully saturated rings. The Balaban J connectivity index is 1.83. The first-order valence-corrected chi connectivity index (χ1v) is 7.27. The Morgan fingerprint density at radius 1 is 1.09 bits per heavy atom. The molecular weight excluding hydrogens is 317 g/mol. The lowest BCUT2D eigenvalue weighted by molar-refractivity contribution is 0.293. The Morgan fingerprint density at radius 3 is 2.39 bits per heavy atom. The largest absolute Gasteiger partial charge is 0.497 e. The van der Waals surface area contributed by atoms with E-state index in [9.17, 15) is 4.39 Å². The zero-order valence-corrected chi connectivity index (χ0v) is 13.1. The summed E-state index contributed by atoms with van der Waals surface area (Å²) in [5.41, 5.74) is 0.849. The van der Waals surface area contributed by atoms with Crippen LogP contribution in [-0.4, -0.2) is 21.9 Å².